The van der Waals surface area contributed by atoms with Crippen molar-refractivity contribution in [2.45, 2.75) is 11.4 Å². The fraction of sp³-hybridized carbons (Fsp3) is 0.120. The summed E-state index contributed by atoms with van der Waals surface area (Å²) >= 11 is 2.84. The minimum atomic E-state index is -0.649. The van der Waals surface area contributed by atoms with Crippen molar-refractivity contribution >= 4 is 35.3 Å². The molecule has 0 fully saturated rings. The molecule has 2 heterocycles. The van der Waals surface area contributed by atoms with Crippen LogP contribution in [0.2, 0.25) is 0 Å². The van der Waals surface area contributed by atoms with Gasteiger partial charge in [0.25, 0.3) is 0 Å². The van der Waals surface area contributed by atoms with E-state index >= 15 is 0 Å². The van der Waals surface area contributed by atoms with Crippen LogP contribution in [0, 0.1) is 11.6 Å². The summed E-state index contributed by atoms with van der Waals surface area (Å²) in [4.78, 5) is 20.7. The fourth-order valence-electron chi connectivity index (χ4n) is 3.30. The number of halogens is 2. The molecule has 2 aromatic carbocycles. The first-order chi connectivity index (χ1) is 15.9. The molecule has 8 heteroatoms. The zero-order chi connectivity index (χ0) is 23.4. The third kappa shape index (κ3) is 5.65. The van der Waals surface area contributed by atoms with Crippen molar-refractivity contribution in [3.8, 4) is 20.9 Å². The van der Waals surface area contributed by atoms with Crippen LogP contribution in [-0.2, 0) is 6.54 Å². The van der Waals surface area contributed by atoms with E-state index in [1.54, 1.807) is 23.7 Å². The number of anilines is 1. The Balaban J connectivity index is 1.53. The lowest BCUT2D eigenvalue weighted by molar-refractivity contribution is 0.112. The molecule has 0 amide bonds. The smallest absolute Gasteiger partial charge is 0.150 e. The van der Waals surface area contributed by atoms with Gasteiger partial charge in [-0.3, -0.25) is 9.78 Å². The van der Waals surface area contributed by atoms with Crippen LogP contribution in [0.25, 0.3) is 20.9 Å². The third-order valence-corrected chi connectivity index (χ3v) is 6.82. The van der Waals surface area contributed by atoms with E-state index in [2.05, 4.69) is 21.8 Å². The molecule has 0 atom stereocenters. The van der Waals surface area contributed by atoms with E-state index in [1.807, 2.05) is 43.3 Å². The Hall–Kier alpha value is -3.07. The van der Waals surface area contributed by atoms with E-state index < -0.39 is 11.6 Å². The van der Waals surface area contributed by atoms with Crippen molar-refractivity contribution < 1.29 is 13.6 Å². The number of hydrogen-bond acceptors (Lipinski definition) is 6. The van der Waals surface area contributed by atoms with Crippen molar-refractivity contribution in [2.24, 2.45) is 0 Å². The number of rotatable bonds is 8. The van der Waals surface area contributed by atoms with Crippen molar-refractivity contribution in [3.63, 3.8) is 0 Å². The number of carbonyl (C=O) groups excluding carboxylic acids is 1. The molecule has 168 valence electrons. The van der Waals surface area contributed by atoms with Crippen LogP contribution in [-0.4, -0.2) is 30.3 Å². The first-order valence-corrected chi connectivity index (χ1v) is 11.7. The standard InChI is InChI=1S/C25H21F2N3OS2/c1-30(2)14-19-9-16(3-4-17(19)15-31)24-7-8-25(32-24)18-10-21(13-28-12-18)33-29-23-6-5-20(26)11-22(23)27/h3-13,15,29H,14H2,1-2H3. The maximum Gasteiger partial charge on any atom is 0.150 e. The van der Waals surface area contributed by atoms with E-state index in [-0.39, 0.29) is 5.69 Å². The van der Waals surface area contributed by atoms with Crippen LogP contribution in [0.4, 0.5) is 14.5 Å². The molecular weight excluding hydrogens is 460 g/mol. The van der Waals surface area contributed by atoms with Gasteiger partial charge in [-0.15, -0.1) is 11.3 Å². The van der Waals surface area contributed by atoms with E-state index in [1.165, 1.54) is 24.1 Å². The van der Waals surface area contributed by atoms with Gasteiger partial charge >= 0.3 is 0 Å². The molecular formula is C25H21F2N3OS2. The van der Waals surface area contributed by atoms with E-state index in [4.69, 9.17) is 0 Å². The molecule has 0 saturated heterocycles. The molecule has 0 unspecified atom stereocenters. The van der Waals surface area contributed by atoms with Gasteiger partial charge in [0, 0.05) is 50.8 Å². The number of pyridine rings is 1. The molecule has 0 aliphatic heterocycles. The van der Waals surface area contributed by atoms with E-state index in [0.717, 1.165) is 43.7 Å². The maximum absolute atomic E-state index is 13.9. The highest BCUT2D eigenvalue weighted by Gasteiger charge is 2.11. The maximum atomic E-state index is 13.9. The summed E-state index contributed by atoms with van der Waals surface area (Å²) < 4.78 is 29.9. The van der Waals surface area contributed by atoms with Crippen LogP contribution in [0.1, 0.15) is 15.9 Å². The lowest BCUT2D eigenvalue weighted by atomic mass is 10.0. The van der Waals surface area contributed by atoms with Gasteiger partial charge < -0.3 is 9.62 Å². The molecule has 0 bridgehead atoms. The first-order valence-electron chi connectivity index (χ1n) is 10.1. The number of nitrogens with zero attached hydrogens (tertiary/aromatic N) is 2. The Morgan fingerprint density at radius 1 is 1.00 bits per heavy atom. The second kappa shape index (κ2) is 10.2. The van der Waals surface area contributed by atoms with Gasteiger partial charge in [0.1, 0.15) is 17.9 Å². The number of aldehydes is 1. The summed E-state index contributed by atoms with van der Waals surface area (Å²) in [6.45, 7) is 0.685. The quantitative estimate of drug-likeness (QED) is 0.223. The first kappa shape index (κ1) is 23.1. The molecule has 1 N–H and O–H groups in total. The van der Waals surface area contributed by atoms with Gasteiger partial charge in [0.05, 0.1) is 5.69 Å². The fourth-order valence-corrected chi connectivity index (χ4v) is 4.97. The Morgan fingerprint density at radius 2 is 1.79 bits per heavy atom. The predicted molar refractivity (Wildman–Crippen MR) is 132 cm³/mol. The molecule has 0 spiro atoms. The topological polar surface area (TPSA) is 45.2 Å². The van der Waals surface area contributed by atoms with Gasteiger partial charge in [-0.1, -0.05) is 12.1 Å². The third-order valence-electron chi connectivity index (χ3n) is 4.85. The number of aromatic nitrogens is 1. The number of thiophene rings is 1. The molecule has 0 radical (unpaired) electrons. The van der Waals surface area contributed by atoms with Crippen LogP contribution >= 0.6 is 23.3 Å². The number of nitrogens with one attached hydrogen (secondary N) is 1. The van der Waals surface area contributed by atoms with Gasteiger partial charge in [-0.2, -0.15) is 0 Å². The Morgan fingerprint density at radius 3 is 2.52 bits per heavy atom. The molecule has 4 rings (SSSR count). The Bertz CT molecular complexity index is 1290. The summed E-state index contributed by atoms with van der Waals surface area (Å²) in [5, 5.41) is 0. The molecule has 0 saturated carbocycles. The Kier molecular flexibility index (Phi) is 7.17. The lowest BCUT2D eigenvalue weighted by Gasteiger charge is -2.12. The van der Waals surface area contributed by atoms with E-state index in [9.17, 15) is 13.6 Å². The summed E-state index contributed by atoms with van der Waals surface area (Å²) in [6, 6.07) is 15.4. The lowest BCUT2D eigenvalue weighted by Crippen LogP contribution is -2.12. The van der Waals surface area contributed by atoms with Crippen molar-refractivity contribution in [3.05, 3.63) is 89.8 Å². The van der Waals surface area contributed by atoms with Crippen molar-refractivity contribution in [1.82, 2.24) is 9.88 Å². The zero-order valence-corrected chi connectivity index (χ0v) is 19.6. The highest BCUT2D eigenvalue weighted by molar-refractivity contribution is 8.00. The highest BCUT2D eigenvalue weighted by atomic mass is 32.2. The van der Waals surface area contributed by atoms with Crippen LogP contribution < -0.4 is 4.72 Å². The summed E-state index contributed by atoms with van der Waals surface area (Å²) in [7, 11) is 3.95. The van der Waals surface area contributed by atoms with Gasteiger partial charge in [-0.05, 0) is 73.6 Å². The molecule has 0 aliphatic rings. The summed E-state index contributed by atoms with van der Waals surface area (Å²) in [6.07, 6.45) is 4.36. The Labute approximate surface area is 199 Å². The zero-order valence-electron chi connectivity index (χ0n) is 18.0. The van der Waals surface area contributed by atoms with Crippen LogP contribution in [0.15, 0.2) is 71.9 Å². The summed E-state index contributed by atoms with van der Waals surface area (Å²) in [5.74, 6) is -1.27. The SMILES string of the molecule is CN(C)Cc1cc(-c2ccc(-c3cncc(SNc4ccc(F)cc4F)c3)s2)ccc1C=O. The van der Waals surface area contributed by atoms with Crippen molar-refractivity contribution in [2.75, 3.05) is 18.8 Å². The second-order valence-corrected chi connectivity index (χ2v) is 9.63. The highest BCUT2D eigenvalue weighted by Crippen LogP contribution is 2.36. The minimum absolute atomic E-state index is 0.206. The predicted octanol–water partition coefficient (Wildman–Crippen LogP) is 6.75. The molecule has 4 aromatic rings. The summed E-state index contributed by atoms with van der Waals surface area (Å²) in [5.41, 5.74) is 3.89. The van der Waals surface area contributed by atoms with Gasteiger partial charge in [-0.25, -0.2) is 8.78 Å². The van der Waals surface area contributed by atoms with Crippen LogP contribution in [0.3, 0.4) is 0 Å². The van der Waals surface area contributed by atoms with Crippen LogP contribution in [0.5, 0.6) is 0 Å². The molecule has 2 aromatic heterocycles. The molecule has 33 heavy (non-hydrogen) atoms. The second-order valence-electron chi connectivity index (χ2n) is 7.67. The monoisotopic (exact) mass is 481 g/mol. The average molecular weight is 482 g/mol. The molecule has 4 nitrogen and oxygen atoms in total. The number of hydrogen-bond donors (Lipinski definition) is 1. The minimum Gasteiger partial charge on any atom is -0.323 e. The normalized spacial score (nSPS) is 11.1. The van der Waals surface area contributed by atoms with Gasteiger partial charge in [0.15, 0.2) is 0 Å². The number of carbonyl (C=O) groups is 1. The average Bonchev–Trinajstić information content (AvgIpc) is 3.29. The van der Waals surface area contributed by atoms with E-state index in [0.29, 0.717) is 12.1 Å². The van der Waals surface area contributed by atoms with Crippen molar-refractivity contribution in [1.29, 1.82) is 0 Å². The number of benzene rings is 2. The largest absolute Gasteiger partial charge is 0.323 e. The molecule has 0 aliphatic carbocycles. The van der Waals surface area contributed by atoms with Gasteiger partial charge in [0.2, 0.25) is 0 Å².